The number of ether oxygens (including phenoxy) is 1. The molecule has 0 aliphatic carbocycles. The molecule has 0 saturated carbocycles. The van der Waals surface area contributed by atoms with Crippen LogP contribution in [0.3, 0.4) is 0 Å². The number of fused-ring (bicyclic) bond motifs is 3. The van der Waals surface area contributed by atoms with Crippen LogP contribution < -0.4 is 10.6 Å². The molecule has 13 heteroatoms. The van der Waals surface area contributed by atoms with Crippen molar-refractivity contribution in [3.05, 3.63) is 62.5 Å². The van der Waals surface area contributed by atoms with Gasteiger partial charge in [0, 0.05) is 46.5 Å². The van der Waals surface area contributed by atoms with Crippen molar-refractivity contribution >= 4 is 46.4 Å². The number of aliphatic imine (C=N–C) groups is 1. The minimum atomic E-state index is -0.504. The van der Waals surface area contributed by atoms with Gasteiger partial charge in [0.05, 0.1) is 12.1 Å². The number of aryl methyl sites for hydroxylation is 2. The van der Waals surface area contributed by atoms with Crippen LogP contribution in [0.25, 0.3) is 5.00 Å². The Bertz CT molecular complexity index is 1720. The molecule has 5 rings (SSSR count). The Morgan fingerprint density at radius 3 is 2.37 bits per heavy atom. The summed E-state index contributed by atoms with van der Waals surface area (Å²) in [5.74, 6) is 1.84. The van der Waals surface area contributed by atoms with Gasteiger partial charge in [-0.05, 0) is 111 Å². The van der Waals surface area contributed by atoms with Gasteiger partial charge in [0.1, 0.15) is 28.3 Å². The van der Waals surface area contributed by atoms with Crippen LogP contribution in [-0.2, 0) is 14.3 Å². The molecule has 276 valence electrons. The van der Waals surface area contributed by atoms with E-state index in [0.29, 0.717) is 36.1 Å². The number of amides is 2. The van der Waals surface area contributed by atoms with Gasteiger partial charge < -0.3 is 20.3 Å². The molecule has 0 unspecified atom stereocenters. The van der Waals surface area contributed by atoms with Crippen LogP contribution in [0.15, 0.2) is 29.3 Å². The number of carbonyl (C=O) groups excluding carboxylic acids is 3. The number of Topliss-reactive ketones (excluding diaryl/α,β-unsaturated/α-hetero) is 1. The highest BCUT2D eigenvalue weighted by molar-refractivity contribution is 7.15. The number of benzene rings is 1. The van der Waals surface area contributed by atoms with Gasteiger partial charge in [-0.2, -0.15) is 0 Å². The van der Waals surface area contributed by atoms with Gasteiger partial charge >= 0.3 is 6.09 Å². The lowest BCUT2D eigenvalue weighted by Gasteiger charge is -2.31. The quantitative estimate of drug-likeness (QED) is 0.169. The number of hydrogen-bond donors (Lipinski definition) is 2. The van der Waals surface area contributed by atoms with Gasteiger partial charge in [-0.1, -0.05) is 30.2 Å². The van der Waals surface area contributed by atoms with Crippen LogP contribution in [0.4, 0.5) is 4.79 Å². The summed E-state index contributed by atoms with van der Waals surface area (Å²) >= 11 is 7.92. The van der Waals surface area contributed by atoms with Crippen molar-refractivity contribution in [3.63, 3.8) is 0 Å². The zero-order valence-corrected chi connectivity index (χ0v) is 32.4. The molecule has 1 fully saturated rings. The smallest absolute Gasteiger partial charge is 0.407 e. The number of rotatable bonds is 14. The highest BCUT2D eigenvalue weighted by atomic mass is 35.5. The number of likely N-dealkylation sites (tertiary alicyclic amines) is 1. The molecule has 2 aromatic heterocycles. The zero-order chi connectivity index (χ0) is 36.7. The second kappa shape index (κ2) is 17.3. The molecule has 0 spiro atoms. The Hall–Kier alpha value is -3.61. The fourth-order valence-electron chi connectivity index (χ4n) is 6.70. The molecule has 1 atom stereocenters. The predicted octanol–water partition coefficient (Wildman–Crippen LogP) is 7.06. The minimum Gasteiger partial charge on any atom is -0.444 e. The molecule has 2 aliphatic rings. The van der Waals surface area contributed by atoms with Crippen molar-refractivity contribution in [1.82, 2.24) is 30.3 Å². The topological polar surface area (TPSA) is 131 Å². The second-order valence-electron chi connectivity index (χ2n) is 14.6. The first-order valence-electron chi connectivity index (χ1n) is 18.2. The summed E-state index contributed by atoms with van der Waals surface area (Å²) in [5, 5.41) is 16.5. The number of hydrogen-bond acceptors (Lipinski definition) is 9. The van der Waals surface area contributed by atoms with Gasteiger partial charge in [0.25, 0.3) is 0 Å². The molecular weight excluding hydrogens is 686 g/mol. The monoisotopic (exact) mass is 737 g/mol. The van der Waals surface area contributed by atoms with Crippen molar-refractivity contribution in [3.8, 4) is 5.00 Å². The fraction of sp³-hybridized carbons (Fsp3) is 0.579. The number of piperidine rings is 1. The SMILES string of the molecule is Cc1sc2c(c1C)C(c1ccc(Cl)cc1)=N[C@@H](CC(=O)NCCCN1CCC(C(=O)CCCCCNC(=O)OC(C)(C)C)CC1)c1nnc(C)n1-2. The van der Waals surface area contributed by atoms with Crippen molar-refractivity contribution in [1.29, 1.82) is 0 Å². The van der Waals surface area contributed by atoms with E-state index in [9.17, 15) is 14.4 Å². The van der Waals surface area contributed by atoms with Crippen molar-refractivity contribution in [2.75, 3.05) is 32.7 Å². The third-order valence-corrected chi connectivity index (χ3v) is 11.0. The van der Waals surface area contributed by atoms with Crippen molar-refractivity contribution < 1.29 is 19.1 Å². The summed E-state index contributed by atoms with van der Waals surface area (Å²) < 4.78 is 7.31. The maximum absolute atomic E-state index is 13.3. The molecule has 11 nitrogen and oxygen atoms in total. The van der Waals surface area contributed by atoms with E-state index in [2.05, 4.69) is 44.1 Å². The van der Waals surface area contributed by atoms with E-state index in [1.165, 1.54) is 4.88 Å². The standard InChI is InChI=1S/C38H52ClN7O4S/c1-24-25(2)51-36-33(24)34(28-12-14-29(39)15-13-28)42-30(35-44-43-26(3)46(35)36)23-32(48)40-19-10-20-45-21-16-27(17-22-45)31(47)11-8-7-9-18-41-37(49)50-38(4,5)6/h12-15,27,30H,7-11,16-23H2,1-6H3,(H,40,48)(H,41,49)/t30-/m0/s1. The molecule has 2 N–H and O–H groups in total. The first-order chi connectivity index (χ1) is 24.3. The lowest BCUT2D eigenvalue weighted by molar-refractivity contribution is -0.124. The number of aromatic nitrogens is 3. The normalized spacial score (nSPS) is 16.5. The highest BCUT2D eigenvalue weighted by Gasteiger charge is 2.32. The maximum atomic E-state index is 13.3. The number of halogens is 1. The number of alkyl carbamates (subject to hydrolysis) is 1. The summed E-state index contributed by atoms with van der Waals surface area (Å²) in [6.07, 6.45) is 5.52. The number of thiophene rings is 1. The average molecular weight is 738 g/mol. The largest absolute Gasteiger partial charge is 0.444 e. The van der Waals surface area contributed by atoms with E-state index in [1.807, 2.05) is 52.0 Å². The molecule has 1 saturated heterocycles. The molecular formula is C38H52ClN7O4S. The Balaban J connectivity index is 1.06. The van der Waals surface area contributed by atoms with Crippen LogP contribution in [0, 0.1) is 26.7 Å². The van der Waals surface area contributed by atoms with Gasteiger partial charge in [-0.25, -0.2) is 4.79 Å². The summed E-state index contributed by atoms with van der Waals surface area (Å²) in [6, 6.07) is 7.18. The van der Waals surface area contributed by atoms with E-state index in [-0.39, 0.29) is 18.2 Å². The van der Waals surface area contributed by atoms with Crippen LogP contribution in [0.5, 0.6) is 0 Å². The Morgan fingerprint density at radius 1 is 0.961 bits per heavy atom. The average Bonchev–Trinajstić information content (AvgIpc) is 3.56. The Morgan fingerprint density at radius 2 is 1.67 bits per heavy atom. The molecule has 51 heavy (non-hydrogen) atoms. The first-order valence-corrected chi connectivity index (χ1v) is 19.3. The highest BCUT2D eigenvalue weighted by Crippen LogP contribution is 2.39. The van der Waals surface area contributed by atoms with Crippen LogP contribution in [0.2, 0.25) is 5.02 Å². The van der Waals surface area contributed by atoms with Crippen molar-refractivity contribution in [2.45, 2.75) is 105 Å². The van der Waals surface area contributed by atoms with Crippen LogP contribution >= 0.6 is 22.9 Å². The van der Waals surface area contributed by atoms with E-state index in [0.717, 1.165) is 91.4 Å². The summed E-state index contributed by atoms with van der Waals surface area (Å²) in [7, 11) is 0. The molecule has 0 radical (unpaired) electrons. The maximum Gasteiger partial charge on any atom is 0.407 e. The molecule has 3 aromatic rings. The molecule has 4 heterocycles. The number of unbranched alkanes of at least 4 members (excludes halogenated alkanes) is 2. The zero-order valence-electron chi connectivity index (χ0n) is 30.8. The Kier molecular flexibility index (Phi) is 13.1. The van der Waals surface area contributed by atoms with Crippen LogP contribution in [0.1, 0.15) is 111 Å². The summed E-state index contributed by atoms with van der Waals surface area (Å²) in [4.78, 5) is 46.7. The van der Waals surface area contributed by atoms with Gasteiger partial charge in [0.15, 0.2) is 5.82 Å². The van der Waals surface area contributed by atoms with Gasteiger partial charge in [-0.3, -0.25) is 19.1 Å². The summed E-state index contributed by atoms with van der Waals surface area (Å²) in [6.45, 7) is 15.5. The first kappa shape index (κ1) is 38.6. The summed E-state index contributed by atoms with van der Waals surface area (Å²) in [5.41, 5.74) is 3.47. The third-order valence-electron chi connectivity index (χ3n) is 9.52. The minimum absolute atomic E-state index is 0.0745. The van der Waals surface area contributed by atoms with Gasteiger partial charge in [0.2, 0.25) is 5.91 Å². The van der Waals surface area contributed by atoms with E-state index in [1.54, 1.807) is 11.3 Å². The third kappa shape index (κ3) is 10.3. The number of carbonyl (C=O) groups is 3. The van der Waals surface area contributed by atoms with Crippen molar-refractivity contribution in [2.24, 2.45) is 10.9 Å². The fourth-order valence-corrected chi connectivity index (χ4v) is 8.04. The van der Waals surface area contributed by atoms with Crippen LogP contribution in [-0.4, -0.2) is 81.5 Å². The molecule has 0 bridgehead atoms. The Labute approximate surface area is 310 Å². The molecule has 2 amide bonds. The number of nitrogens with zero attached hydrogens (tertiary/aromatic N) is 5. The second-order valence-corrected chi connectivity index (χ2v) is 16.3. The van der Waals surface area contributed by atoms with Gasteiger partial charge in [-0.15, -0.1) is 21.5 Å². The van der Waals surface area contributed by atoms with E-state index in [4.69, 9.17) is 21.3 Å². The molecule has 2 aliphatic heterocycles. The molecule has 1 aromatic carbocycles. The number of nitrogens with one attached hydrogen (secondary N) is 2. The lowest BCUT2D eigenvalue weighted by atomic mass is 9.90. The number of ketones is 1. The van der Waals surface area contributed by atoms with E-state index >= 15 is 0 Å². The van der Waals surface area contributed by atoms with E-state index < -0.39 is 17.7 Å². The predicted molar refractivity (Wildman–Crippen MR) is 202 cm³/mol. The lowest BCUT2D eigenvalue weighted by Crippen LogP contribution is -2.38.